The summed E-state index contributed by atoms with van der Waals surface area (Å²) in [6.45, 7) is 6.08. The van der Waals surface area contributed by atoms with E-state index in [0.717, 1.165) is 37.4 Å². The Kier molecular flexibility index (Phi) is 6.09. The lowest BCUT2D eigenvalue weighted by molar-refractivity contribution is 0.217. The van der Waals surface area contributed by atoms with Crippen molar-refractivity contribution in [2.24, 2.45) is 0 Å². The Morgan fingerprint density at radius 1 is 1.33 bits per heavy atom. The van der Waals surface area contributed by atoms with Gasteiger partial charge in [0.2, 0.25) is 0 Å². The van der Waals surface area contributed by atoms with Crippen molar-refractivity contribution in [3.05, 3.63) is 59.7 Å². The number of likely N-dealkylation sites (tertiary alicyclic amines) is 1. The van der Waals surface area contributed by atoms with Gasteiger partial charge in [0.25, 0.3) is 0 Å². The van der Waals surface area contributed by atoms with Gasteiger partial charge in [-0.05, 0) is 57.1 Å². The zero-order valence-corrected chi connectivity index (χ0v) is 14.9. The Bertz CT molecular complexity index is 486. The number of halogens is 2. The van der Waals surface area contributed by atoms with E-state index in [1.165, 1.54) is 5.56 Å². The summed E-state index contributed by atoms with van der Waals surface area (Å²) in [5.74, 6) is 0. The van der Waals surface area contributed by atoms with E-state index in [9.17, 15) is 0 Å². The number of piperidine rings is 1. The summed E-state index contributed by atoms with van der Waals surface area (Å²) in [5.41, 5.74) is 1.52. The molecule has 1 aromatic carbocycles. The highest BCUT2D eigenvalue weighted by Crippen LogP contribution is 2.37. The highest BCUT2D eigenvalue weighted by molar-refractivity contribution is 9.09. The monoisotopic (exact) mass is 367 g/mol. The molecule has 0 amide bonds. The number of hydrogen-bond donors (Lipinski definition) is 0. The average Bonchev–Trinajstić information content (AvgIpc) is 2.50. The van der Waals surface area contributed by atoms with Crippen molar-refractivity contribution in [1.82, 2.24) is 4.90 Å². The Morgan fingerprint density at radius 2 is 1.95 bits per heavy atom. The van der Waals surface area contributed by atoms with Gasteiger partial charge in [0.15, 0.2) is 0 Å². The maximum Gasteiger partial charge on any atom is 0.0406 e. The van der Waals surface area contributed by atoms with Gasteiger partial charge in [-0.1, -0.05) is 57.9 Å². The van der Waals surface area contributed by atoms with Gasteiger partial charge in [-0.25, -0.2) is 0 Å². The van der Waals surface area contributed by atoms with Gasteiger partial charge < -0.3 is 4.90 Å². The minimum atomic E-state index is 0.144. The van der Waals surface area contributed by atoms with E-state index in [2.05, 4.69) is 58.7 Å². The van der Waals surface area contributed by atoms with Gasteiger partial charge in [-0.3, -0.25) is 0 Å². The van der Waals surface area contributed by atoms with Crippen LogP contribution in [-0.4, -0.2) is 29.9 Å². The molecular formula is C18H23BrClN. The Morgan fingerprint density at radius 3 is 2.52 bits per heavy atom. The van der Waals surface area contributed by atoms with E-state index in [-0.39, 0.29) is 5.41 Å². The molecule has 0 N–H and O–H groups in total. The Hall–Kier alpha value is -0.570. The van der Waals surface area contributed by atoms with Crippen LogP contribution in [0.4, 0.5) is 0 Å². The first kappa shape index (κ1) is 16.8. The molecule has 0 spiro atoms. The fourth-order valence-corrected chi connectivity index (χ4v) is 3.21. The SMILES string of the molecule is C=CC(Br)CC=CC1(c2ccc(Cl)cc2)CCN(C)CC1. The van der Waals surface area contributed by atoms with Gasteiger partial charge >= 0.3 is 0 Å². The van der Waals surface area contributed by atoms with Crippen LogP contribution in [0.15, 0.2) is 49.1 Å². The van der Waals surface area contributed by atoms with Crippen LogP contribution in [0.2, 0.25) is 5.02 Å². The van der Waals surface area contributed by atoms with Crippen LogP contribution in [-0.2, 0) is 5.41 Å². The maximum atomic E-state index is 6.04. The van der Waals surface area contributed by atoms with Crippen LogP contribution < -0.4 is 0 Å². The van der Waals surface area contributed by atoms with Crippen molar-refractivity contribution >= 4 is 27.5 Å². The number of allylic oxidation sites excluding steroid dienone is 3. The predicted molar refractivity (Wildman–Crippen MR) is 96.5 cm³/mol. The number of rotatable bonds is 5. The quantitative estimate of drug-likeness (QED) is 0.510. The second kappa shape index (κ2) is 7.62. The summed E-state index contributed by atoms with van der Waals surface area (Å²) >= 11 is 9.64. The first-order chi connectivity index (χ1) is 10.1. The van der Waals surface area contributed by atoms with Crippen LogP contribution in [0.3, 0.4) is 0 Å². The molecule has 1 aliphatic heterocycles. The molecule has 1 atom stereocenters. The molecule has 1 aliphatic rings. The fraction of sp³-hybridized carbons (Fsp3) is 0.444. The van der Waals surface area contributed by atoms with Crippen LogP contribution >= 0.6 is 27.5 Å². The summed E-state index contributed by atoms with van der Waals surface area (Å²) in [6.07, 6.45) is 9.93. The van der Waals surface area contributed by atoms with Crippen molar-refractivity contribution in [1.29, 1.82) is 0 Å². The third-order valence-electron chi connectivity index (χ3n) is 4.35. The van der Waals surface area contributed by atoms with E-state index < -0.39 is 0 Å². The van der Waals surface area contributed by atoms with Crippen LogP contribution in [0.25, 0.3) is 0 Å². The molecule has 0 aromatic heterocycles. The standard InChI is InChI=1S/C18H23BrClN/c1-3-16(19)5-4-10-18(11-13-21(2)14-12-18)15-6-8-17(20)9-7-15/h3-4,6-10,16H,1,5,11-14H2,2H3. The Balaban J connectivity index is 2.22. The summed E-state index contributed by atoms with van der Waals surface area (Å²) in [5, 5.41) is 0.804. The molecule has 1 fully saturated rings. The molecule has 21 heavy (non-hydrogen) atoms. The van der Waals surface area contributed by atoms with Crippen molar-refractivity contribution in [2.45, 2.75) is 29.5 Å². The zero-order chi connectivity index (χ0) is 15.3. The zero-order valence-electron chi connectivity index (χ0n) is 12.6. The highest BCUT2D eigenvalue weighted by Gasteiger charge is 2.32. The van der Waals surface area contributed by atoms with Gasteiger partial charge in [0.05, 0.1) is 0 Å². The largest absolute Gasteiger partial charge is 0.306 e. The molecule has 3 heteroatoms. The lowest BCUT2D eigenvalue weighted by Gasteiger charge is -2.39. The summed E-state index contributed by atoms with van der Waals surface area (Å²) < 4.78 is 0. The van der Waals surface area contributed by atoms with E-state index in [0.29, 0.717) is 4.83 Å². The first-order valence-electron chi connectivity index (χ1n) is 7.45. The lowest BCUT2D eigenvalue weighted by Crippen LogP contribution is -2.39. The molecule has 0 radical (unpaired) electrons. The highest BCUT2D eigenvalue weighted by atomic mass is 79.9. The molecule has 1 aromatic rings. The molecule has 1 unspecified atom stereocenters. The molecule has 2 rings (SSSR count). The second-order valence-electron chi connectivity index (χ2n) is 5.86. The van der Waals surface area contributed by atoms with E-state index in [4.69, 9.17) is 11.6 Å². The smallest absolute Gasteiger partial charge is 0.0406 e. The topological polar surface area (TPSA) is 3.24 Å². The van der Waals surface area contributed by atoms with Gasteiger partial charge in [-0.15, -0.1) is 6.58 Å². The maximum absolute atomic E-state index is 6.04. The summed E-state index contributed by atoms with van der Waals surface area (Å²) in [4.78, 5) is 2.75. The number of hydrogen-bond acceptors (Lipinski definition) is 1. The van der Waals surface area contributed by atoms with E-state index in [1.54, 1.807) is 0 Å². The summed E-state index contributed by atoms with van der Waals surface area (Å²) in [7, 11) is 2.20. The van der Waals surface area contributed by atoms with Gasteiger partial charge in [0.1, 0.15) is 0 Å². The molecule has 1 saturated heterocycles. The molecular weight excluding hydrogens is 346 g/mol. The Labute approximate surface area is 141 Å². The minimum absolute atomic E-state index is 0.144. The van der Waals surface area contributed by atoms with E-state index in [1.807, 2.05) is 18.2 Å². The van der Waals surface area contributed by atoms with Crippen molar-refractivity contribution in [2.75, 3.05) is 20.1 Å². The van der Waals surface area contributed by atoms with Crippen molar-refractivity contribution < 1.29 is 0 Å². The number of nitrogens with zero attached hydrogens (tertiary/aromatic N) is 1. The average molecular weight is 369 g/mol. The lowest BCUT2D eigenvalue weighted by atomic mass is 9.72. The van der Waals surface area contributed by atoms with Gasteiger partial charge in [0, 0.05) is 15.3 Å². The first-order valence-corrected chi connectivity index (χ1v) is 8.74. The molecule has 114 valence electrons. The normalized spacial score (nSPS) is 20.5. The molecule has 0 saturated carbocycles. The summed E-state index contributed by atoms with van der Waals surface area (Å²) in [6, 6.07) is 8.36. The molecule has 1 nitrogen and oxygen atoms in total. The van der Waals surface area contributed by atoms with E-state index >= 15 is 0 Å². The van der Waals surface area contributed by atoms with Crippen molar-refractivity contribution in [3.8, 4) is 0 Å². The predicted octanol–water partition coefficient (Wildman–Crippen LogP) is 5.20. The van der Waals surface area contributed by atoms with Gasteiger partial charge in [-0.2, -0.15) is 0 Å². The molecule has 0 aliphatic carbocycles. The number of alkyl halides is 1. The fourth-order valence-electron chi connectivity index (χ4n) is 2.87. The van der Waals surface area contributed by atoms with Crippen LogP contribution in [0, 0.1) is 0 Å². The van der Waals surface area contributed by atoms with Crippen molar-refractivity contribution in [3.63, 3.8) is 0 Å². The molecule has 0 bridgehead atoms. The second-order valence-corrected chi connectivity index (χ2v) is 7.47. The van der Waals surface area contributed by atoms with Crippen LogP contribution in [0.5, 0.6) is 0 Å². The third kappa shape index (κ3) is 4.45. The molecule has 1 heterocycles. The minimum Gasteiger partial charge on any atom is -0.306 e. The van der Waals surface area contributed by atoms with Crippen LogP contribution in [0.1, 0.15) is 24.8 Å². The third-order valence-corrected chi connectivity index (χ3v) is 5.35. The number of benzene rings is 1.